The second-order valence-corrected chi connectivity index (χ2v) is 6.87. The number of nitrogens with one attached hydrogen (secondary N) is 1. The van der Waals surface area contributed by atoms with Gasteiger partial charge in [0.05, 0.1) is 16.6 Å². The fourth-order valence-corrected chi connectivity index (χ4v) is 3.18. The number of hydrogen-bond donors (Lipinski definition) is 1. The van der Waals surface area contributed by atoms with Crippen LogP contribution in [-0.2, 0) is 6.61 Å². The van der Waals surface area contributed by atoms with Crippen molar-refractivity contribution in [1.29, 1.82) is 0 Å². The standard InChI is InChI=1S/C21H15ClFN3O3/c1-12-4-6-14(29-11-18-16(23)3-2-8-24-18)10-19(12)26-20(27)15-7-5-13(22)9-17(15)25-21(26)28/h2-10H,11H2,1H3,(H,25,28). The quantitative estimate of drug-likeness (QED) is 0.554. The molecule has 29 heavy (non-hydrogen) atoms. The maximum atomic E-state index is 13.7. The Morgan fingerprint density at radius 1 is 1.17 bits per heavy atom. The van der Waals surface area contributed by atoms with Crippen LogP contribution in [0.2, 0.25) is 5.02 Å². The van der Waals surface area contributed by atoms with E-state index in [0.717, 1.165) is 4.57 Å². The van der Waals surface area contributed by atoms with Crippen molar-refractivity contribution in [3.63, 3.8) is 0 Å². The number of aromatic nitrogens is 3. The molecule has 6 nitrogen and oxygen atoms in total. The van der Waals surface area contributed by atoms with Crippen molar-refractivity contribution < 1.29 is 9.13 Å². The lowest BCUT2D eigenvalue weighted by Gasteiger charge is -2.12. The number of halogens is 2. The molecule has 2 heterocycles. The summed E-state index contributed by atoms with van der Waals surface area (Å²) in [5.74, 6) is -0.0983. The summed E-state index contributed by atoms with van der Waals surface area (Å²) in [6.45, 7) is 1.69. The van der Waals surface area contributed by atoms with Gasteiger partial charge >= 0.3 is 5.69 Å². The Bertz CT molecular complexity index is 1350. The van der Waals surface area contributed by atoms with Gasteiger partial charge in [0, 0.05) is 17.3 Å². The first kappa shape index (κ1) is 18.9. The van der Waals surface area contributed by atoms with E-state index in [1.165, 1.54) is 24.4 Å². The third kappa shape index (κ3) is 3.64. The number of rotatable bonds is 4. The molecule has 0 aliphatic rings. The number of aryl methyl sites for hydroxylation is 1. The molecular weight excluding hydrogens is 397 g/mol. The van der Waals surface area contributed by atoms with Crippen molar-refractivity contribution in [2.24, 2.45) is 0 Å². The van der Waals surface area contributed by atoms with Crippen LogP contribution < -0.4 is 16.0 Å². The first-order chi connectivity index (χ1) is 13.9. The van der Waals surface area contributed by atoms with Crippen LogP contribution >= 0.6 is 11.6 Å². The Hall–Kier alpha value is -3.45. The van der Waals surface area contributed by atoms with E-state index >= 15 is 0 Å². The zero-order valence-electron chi connectivity index (χ0n) is 15.3. The summed E-state index contributed by atoms with van der Waals surface area (Å²) in [7, 11) is 0. The van der Waals surface area contributed by atoms with E-state index in [0.29, 0.717) is 32.9 Å². The lowest BCUT2D eigenvalue weighted by Crippen LogP contribution is -2.34. The van der Waals surface area contributed by atoms with Crippen LogP contribution in [0.3, 0.4) is 0 Å². The van der Waals surface area contributed by atoms with Gasteiger partial charge in [-0.1, -0.05) is 17.7 Å². The number of aromatic amines is 1. The van der Waals surface area contributed by atoms with Gasteiger partial charge in [0.15, 0.2) is 0 Å². The fourth-order valence-electron chi connectivity index (χ4n) is 3.01. The lowest BCUT2D eigenvalue weighted by molar-refractivity contribution is 0.294. The molecule has 8 heteroatoms. The molecule has 0 atom stereocenters. The van der Waals surface area contributed by atoms with Gasteiger partial charge in [-0.15, -0.1) is 0 Å². The summed E-state index contributed by atoms with van der Waals surface area (Å²) in [6.07, 6.45) is 1.47. The van der Waals surface area contributed by atoms with E-state index < -0.39 is 17.1 Å². The van der Waals surface area contributed by atoms with Crippen molar-refractivity contribution in [2.75, 3.05) is 0 Å². The van der Waals surface area contributed by atoms with Crippen LogP contribution in [0.5, 0.6) is 5.75 Å². The first-order valence-corrected chi connectivity index (χ1v) is 9.09. The van der Waals surface area contributed by atoms with Gasteiger partial charge in [-0.2, -0.15) is 0 Å². The average Bonchev–Trinajstić information content (AvgIpc) is 2.69. The van der Waals surface area contributed by atoms with Crippen LogP contribution in [0.1, 0.15) is 11.3 Å². The molecule has 0 spiro atoms. The van der Waals surface area contributed by atoms with Gasteiger partial charge in [0.1, 0.15) is 23.9 Å². The van der Waals surface area contributed by atoms with E-state index in [1.807, 2.05) is 0 Å². The highest BCUT2D eigenvalue weighted by Crippen LogP contribution is 2.21. The number of ether oxygens (including phenoxy) is 1. The monoisotopic (exact) mass is 411 g/mol. The smallest absolute Gasteiger partial charge is 0.333 e. The van der Waals surface area contributed by atoms with E-state index in [9.17, 15) is 14.0 Å². The van der Waals surface area contributed by atoms with Crippen molar-refractivity contribution in [3.05, 3.63) is 97.7 Å². The number of pyridine rings is 1. The van der Waals surface area contributed by atoms with Gasteiger partial charge in [0.2, 0.25) is 0 Å². The van der Waals surface area contributed by atoms with Gasteiger partial charge in [-0.3, -0.25) is 9.78 Å². The summed E-state index contributed by atoms with van der Waals surface area (Å²) < 4.78 is 20.4. The summed E-state index contributed by atoms with van der Waals surface area (Å²) in [6, 6.07) is 12.4. The summed E-state index contributed by atoms with van der Waals surface area (Å²) in [5.41, 5.74) is 0.512. The van der Waals surface area contributed by atoms with Gasteiger partial charge in [0.25, 0.3) is 5.56 Å². The van der Waals surface area contributed by atoms with E-state index in [-0.39, 0.29) is 12.3 Å². The van der Waals surface area contributed by atoms with Crippen LogP contribution in [0, 0.1) is 12.7 Å². The highest BCUT2D eigenvalue weighted by Gasteiger charge is 2.13. The highest BCUT2D eigenvalue weighted by atomic mass is 35.5. The molecule has 0 fully saturated rings. The minimum atomic E-state index is -0.596. The Balaban J connectivity index is 1.77. The molecule has 0 saturated heterocycles. The predicted octanol–water partition coefficient (Wildman–Crippen LogP) is 3.75. The topological polar surface area (TPSA) is 77.0 Å². The summed E-state index contributed by atoms with van der Waals surface area (Å²) in [4.78, 5) is 32.2. The van der Waals surface area contributed by atoms with Gasteiger partial charge in [-0.05, 0) is 48.9 Å². The molecule has 2 aromatic heterocycles. The van der Waals surface area contributed by atoms with Crippen LogP contribution in [0.15, 0.2) is 64.3 Å². The first-order valence-electron chi connectivity index (χ1n) is 8.72. The SMILES string of the molecule is Cc1ccc(OCc2ncccc2F)cc1-n1c(=O)[nH]c2cc(Cl)ccc2c1=O. The molecule has 146 valence electrons. The molecule has 2 aromatic carbocycles. The van der Waals surface area contributed by atoms with Crippen molar-refractivity contribution in [2.45, 2.75) is 13.5 Å². The third-order valence-corrected chi connectivity index (χ3v) is 4.73. The number of nitrogens with zero attached hydrogens (tertiary/aromatic N) is 2. The Morgan fingerprint density at radius 2 is 2.00 bits per heavy atom. The van der Waals surface area contributed by atoms with Gasteiger partial charge < -0.3 is 9.72 Å². The Labute approximate surface area is 169 Å². The lowest BCUT2D eigenvalue weighted by atomic mass is 10.1. The number of hydrogen-bond acceptors (Lipinski definition) is 4. The zero-order valence-corrected chi connectivity index (χ0v) is 16.0. The normalized spacial score (nSPS) is 11.0. The second kappa shape index (κ2) is 7.52. The molecule has 4 rings (SSSR count). The Morgan fingerprint density at radius 3 is 2.79 bits per heavy atom. The van der Waals surface area contributed by atoms with E-state index in [4.69, 9.17) is 16.3 Å². The van der Waals surface area contributed by atoms with Crippen LogP contribution in [-0.4, -0.2) is 14.5 Å². The van der Waals surface area contributed by atoms with Crippen molar-refractivity contribution >= 4 is 22.5 Å². The average molecular weight is 412 g/mol. The van der Waals surface area contributed by atoms with E-state index in [1.54, 1.807) is 37.3 Å². The van der Waals surface area contributed by atoms with Crippen molar-refractivity contribution in [3.8, 4) is 11.4 Å². The van der Waals surface area contributed by atoms with Crippen molar-refractivity contribution in [1.82, 2.24) is 14.5 Å². The third-order valence-electron chi connectivity index (χ3n) is 4.49. The van der Waals surface area contributed by atoms with Crippen LogP contribution in [0.4, 0.5) is 4.39 Å². The molecule has 4 aromatic rings. The molecule has 0 unspecified atom stereocenters. The maximum Gasteiger partial charge on any atom is 0.333 e. The molecule has 0 amide bonds. The molecule has 0 saturated carbocycles. The molecule has 0 bridgehead atoms. The second-order valence-electron chi connectivity index (χ2n) is 6.43. The van der Waals surface area contributed by atoms with E-state index in [2.05, 4.69) is 9.97 Å². The summed E-state index contributed by atoms with van der Waals surface area (Å²) in [5, 5.41) is 0.744. The number of benzene rings is 2. The zero-order chi connectivity index (χ0) is 20.5. The fraction of sp³-hybridized carbons (Fsp3) is 0.0952. The molecule has 0 aliphatic heterocycles. The highest BCUT2D eigenvalue weighted by molar-refractivity contribution is 6.31. The van der Waals surface area contributed by atoms with Gasteiger partial charge in [-0.25, -0.2) is 13.8 Å². The maximum absolute atomic E-state index is 13.7. The summed E-state index contributed by atoms with van der Waals surface area (Å²) >= 11 is 5.94. The molecule has 1 N–H and O–H groups in total. The molecular formula is C21H15ClFN3O3. The number of fused-ring (bicyclic) bond motifs is 1. The number of H-pyrrole nitrogens is 1. The molecule has 0 radical (unpaired) electrons. The Kier molecular flexibility index (Phi) is 4.90. The molecule has 0 aliphatic carbocycles. The minimum Gasteiger partial charge on any atom is -0.487 e. The van der Waals surface area contributed by atoms with Crippen LogP contribution in [0.25, 0.3) is 16.6 Å². The largest absolute Gasteiger partial charge is 0.487 e. The minimum absolute atomic E-state index is 0.0867. The predicted molar refractivity (Wildman–Crippen MR) is 108 cm³/mol.